The van der Waals surface area contributed by atoms with Crippen LogP contribution in [0.5, 0.6) is 11.5 Å². The molecular weight excluding hydrogens is 276 g/mol. The lowest BCUT2D eigenvalue weighted by Crippen LogP contribution is -2.44. The molecule has 1 saturated heterocycles. The highest BCUT2D eigenvalue weighted by molar-refractivity contribution is 5.44. The number of ether oxygens (including phenoxy) is 2. The molecule has 1 aromatic carbocycles. The summed E-state index contributed by atoms with van der Waals surface area (Å²) in [5.41, 5.74) is 7.35. The van der Waals surface area contributed by atoms with Crippen molar-refractivity contribution in [3.63, 3.8) is 0 Å². The summed E-state index contributed by atoms with van der Waals surface area (Å²) in [4.78, 5) is 2.58. The number of nitrogens with zero attached hydrogens (tertiary/aromatic N) is 1. The molecule has 1 fully saturated rings. The van der Waals surface area contributed by atoms with Crippen LogP contribution in [-0.2, 0) is 0 Å². The molecule has 1 aliphatic rings. The quantitative estimate of drug-likeness (QED) is 0.839. The van der Waals surface area contributed by atoms with Gasteiger partial charge in [0.05, 0.1) is 13.7 Å². The molecule has 22 heavy (non-hydrogen) atoms. The highest BCUT2D eigenvalue weighted by atomic mass is 16.5. The highest BCUT2D eigenvalue weighted by Crippen LogP contribution is 2.34. The van der Waals surface area contributed by atoms with Crippen LogP contribution in [0.25, 0.3) is 0 Å². The Morgan fingerprint density at radius 1 is 1.27 bits per heavy atom. The van der Waals surface area contributed by atoms with E-state index >= 15 is 0 Å². The number of hydrogen-bond donors (Lipinski definition) is 1. The fourth-order valence-electron chi connectivity index (χ4n) is 3.50. The molecule has 0 radical (unpaired) electrons. The Balaban J connectivity index is 2.26. The van der Waals surface area contributed by atoms with Gasteiger partial charge >= 0.3 is 0 Å². The van der Waals surface area contributed by atoms with Crippen LogP contribution in [0.3, 0.4) is 0 Å². The fraction of sp³-hybridized carbons (Fsp3) is 0.667. The highest BCUT2D eigenvalue weighted by Gasteiger charge is 2.28. The lowest BCUT2D eigenvalue weighted by molar-refractivity contribution is 0.0947. The molecule has 0 bridgehead atoms. The zero-order chi connectivity index (χ0) is 15.9. The van der Waals surface area contributed by atoms with E-state index < -0.39 is 0 Å². The Bertz CT molecular complexity index is 464. The van der Waals surface area contributed by atoms with E-state index in [2.05, 4.69) is 24.0 Å². The zero-order valence-electron chi connectivity index (χ0n) is 14.2. The van der Waals surface area contributed by atoms with Crippen molar-refractivity contribution in [2.24, 2.45) is 5.73 Å². The normalized spacial score (nSPS) is 20.6. The first kappa shape index (κ1) is 17.1. The van der Waals surface area contributed by atoms with Gasteiger partial charge in [-0.3, -0.25) is 4.90 Å². The van der Waals surface area contributed by atoms with Crippen LogP contribution in [0.1, 0.15) is 51.1 Å². The van der Waals surface area contributed by atoms with Crippen molar-refractivity contribution >= 4 is 0 Å². The van der Waals surface area contributed by atoms with Gasteiger partial charge in [-0.15, -0.1) is 0 Å². The van der Waals surface area contributed by atoms with Crippen LogP contribution in [0.15, 0.2) is 18.2 Å². The molecule has 0 spiro atoms. The minimum absolute atomic E-state index is 0.259. The Hall–Kier alpha value is -1.26. The van der Waals surface area contributed by atoms with Crippen molar-refractivity contribution in [2.75, 3.05) is 26.8 Å². The summed E-state index contributed by atoms with van der Waals surface area (Å²) in [6, 6.07) is 7.12. The molecule has 0 saturated carbocycles. The zero-order valence-corrected chi connectivity index (χ0v) is 14.2. The molecule has 2 N–H and O–H groups in total. The number of rotatable bonds is 7. The van der Waals surface area contributed by atoms with Crippen molar-refractivity contribution in [2.45, 2.75) is 51.6 Å². The number of likely N-dealkylation sites (tertiary alicyclic amines) is 1. The third kappa shape index (κ3) is 3.73. The van der Waals surface area contributed by atoms with E-state index in [-0.39, 0.29) is 6.04 Å². The first-order valence-electron chi connectivity index (χ1n) is 8.51. The van der Waals surface area contributed by atoms with Gasteiger partial charge in [-0.2, -0.15) is 0 Å². The molecule has 1 aromatic rings. The Kier molecular flexibility index (Phi) is 6.52. The predicted octanol–water partition coefficient (Wildman–Crippen LogP) is 3.36. The molecule has 0 aliphatic carbocycles. The second kappa shape index (κ2) is 8.39. The molecule has 124 valence electrons. The average molecular weight is 306 g/mol. The van der Waals surface area contributed by atoms with E-state index in [0.29, 0.717) is 19.2 Å². The monoisotopic (exact) mass is 306 g/mol. The van der Waals surface area contributed by atoms with Crippen LogP contribution >= 0.6 is 0 Å². The first-order valence-corrected chi connectivity index (χ1v) is 8.51. The number of methoxy groups -OCH3 is 1. The van der Waals surface area contributed by atoms with E-state index in [0.717, 1.165) is 18.0 Å². The lowest BCUT2D eigenvalue weighted by atomic mass is 9.94. The minimum Gasteiger partial charge on any atom is -0.493 e. The van der Waals surface area contributed by atoms with E-state index in [9.17, 15) is 0 Å². The van der Waals surface area contributed by atoms with E-state index in [1.54, 1.807) is 7.11 Å². The summed E-state index contributed by atoms with van der Waals surface area (Å²) in [5, 5.41) is 0. The van der Waals surface area contributed by atoms with E-state index in [1.807, 2.05) is 13.0 Å². The molecule has 1 heterocycles. The third-order valence-electron chi connectivity index (χ3n) is 4.64. The Morgan fingerprint density at radius 3 is 2.73 bits per heavy atom. The molecule has 2 atom stereocenters. The van der Waals surface area contributed by atoms with Crippen LogP contribution in [0.4, 0.5) is 0 Å². The number of piperidine rings is 1. The van der Waals surface area contributed by atoms with Crippen molar-refractivity contribution < 1.29 is 9.47 Å². The van der Waals surface area contributed by atoms with Gasteiger partial charge in [-0.05, 0) is 50.4 Å². The van der Waals surface area contributed by atoms with Gasteiger partial charge in [0.25, 0.3) is 0 Å². The van der Waals surface area contributed by atoms with Crippen molar-refractivity contribution in [1.82, 2.24) is 4.90 Å². The fourth-order valence-corrected chi connectivity index (χ4v) is 3.50. The summed E-state index contributed by atoms with van der Waals surface area (Å²) < 4.78 is 11.1. The molecular formula is C18H30N2O2. The van der Waals surface area contributed by atoms with E-state index in [1.165, 1.54) is 31.2 Å². The predicted molar refractivity (Wildman–Crippen MR) is 90.6 cm³/mol. The summed E-state index contributed by atoms with van der Waals surface area (Å²) in [6.07, 6.45) is 5.06. The summed E-state index contributed by atoms with van der Waals surface area (Å²) in [6.45, 7) is 6.66. The lowest BCUT2D eigenvalue weighted by Gasteiger charge is -2.41. The van der Waals surface area contributed by atoms with Gasteiger partial charge < -0.3 is 15.2 Å². The number of benzene rings is 1. The van der Waals surface area contributed by atoms with Gasteiger partial charge in [-0.1, -0.05) is 19.4 Å². The molecule has 4 nitrogen and oxygen atoms in total. The second-order valence-electron chi connectivity index (χ2n) is 5.89. The molecule has 0 amide bonds. The van der Waals surface area contributed by atoms with Crippen LogP contribution in [0, 0.1) is 0 Å². The topological polar surface area (TPSA) is 47.7 Å². The van der Waals surface area contributed by atoms with Gasteiger partial charge in [0.2, 0.25) is 0 Å². The van der Waals surface area contributed by atoms with Crippen molar-refractivity contribution in [3.05, 3.63) is 23.8 Å². The molecule has 2 unspecified atom stereocenters. The maximum Gasteiger partial charge on any atom is 0.161 e. The van der Waals surface area contributed by atoms with Gasteiger partial charge in [0, 0.05) is 18.6 Å². The summed E-state index contributed by atoms with van der Waals surface area (Å²) in [7, 11) is 1.69. The maximum absolute atomic E-state index is 6.13. The minimum atomic E-state index is 0.259. The average Bonchev–Trinajstić information content (AvgIpc) is 2.57. The second-order valence-corrected chi connectivity index (χ2v) is 5.89. The van der Waals surface area contributed by atoms with Gasteiger partial charge in [0.15, 0.2) is 11.5 Å². The Morgan fingerprint density at radius 2 is 2.09 bits per heavy atom. The molecule has 2 rings (SSSR count). The molecule has 4 heteroatoms. The SMILES string of the molecule is CCOc1ccc(C(CN)N2CCCCC2CC)cc1OC. The van der Waals surface area contributed by atoms with Crippen LogP contribution in [-0.4, -0.2) is 37.7 Å². The Labute approximate surface area is 134 Å². The van der Waals surface area contributed by atoms with Gasteiger partial charge in [-0.25, -0.2) is 0 Å². The number of hydrogen-bond acceptors (Lipinski definition) is 4. The summed E-state index contributed by atoms with van der Waals surface area (Å²) >= 11 is 0. The molecule has 1 aliphatic heterocycles. The standard InChI is InChI=1S/C18H30N2O2/c1-4-15-8-6-7-11-20(15)16(13-19)14-9-10-17(22-5-2)18(12-14)21-3/h9-10,12,15-16H,4-8,11,13,19H2,1-3H3. The third-order valence-corrected chi connectivity index (χ3v) is 4.64. The molecule has 0 aromatic heterocycles. The maximum atomic E-state index is 6.13. The smallest absolute Gasteiger partial charge is 0.161 e. The summed E-state index contributed by atoms with van der Waals surface area (Å²) in [5.74, 6) is 1.60. The first-order chi connectivity index (χ1) is 10.7. The van der Waals surface area contributed by atoms with Crippen LogP contribution < -0.4 is 15.2 Å². The largest absolute Gasteiger partial charge is 0.493 e. The van der Waals surface area contributed by atoms with E-state index in [4.69, 9.17) is 15.2 Å². The van der Waals surface area contributed by atoms with Crippen molar-refractivity contribution in [1.29, 1.82) is 0 Å². The van der Waals surface area contributed by atoms with Gasteiger partial charge in [0.1, 0.15) is 0 Å². The van der Waals surface area contributed by atoms with Crippen molar-refractivity contribution in [3.8, 4) is 11.5 Å². The number of nitrogens with two attached hydrogens (primary N) is 1. The van der Waals surface area contributed by atoms with Crippen LogP contribution in [0.2, 0.25) is 0 Å².